The fraction of sp³-hybridized carbons (Fsp3) is 0.650. The molecule has 6 nitrogen and oxygen atoms in total. The molecule has 1 saturated heterocycles. The molecule has 0 radical (unpaired) electrons. The molecule has 27 heavy (non-hydrogen) atoms. The average molecular weight is 398 g/mol. The van der Waals surface area contributed by atoms with Crippen LogP contribution in [0.1, 0.15) is 46.5 Å². The van der Waals surface area contributed by atoms with Gasteiger partial charge in [-0.05, 0) is 57.0 Å². The third-order valence-corrected chi connectivity index (χ3v) is 7.22. The zero-order chi connectivity index (χ0) is 19.9. The molecule has 0 saturated carbocycles. The van der Waals surface area contributed by atoms with Crippen LogP contribution in [0.3, 0.4) is 0 Å². The van der Waals surface area contributed by atoms with Crippen LogP contribution in [-0.4, -0.2) is 56.9 Å². The van der Waals surface area contributed by atoms with Crippen LogP contribution in [0.25, 0.3) is 0 Å². The van der Waals surface area contributed by atoms with E-state index >= 15 is 0 Å². The maximum absolute atomic E-state index is 13.1. The minimum absolute atomic E-state index is 0.268. The fourth-order valence-electron chi connectivity index (χ4n) is 3.38. The summed E-state index contributed by atoms with van der Waals surface area (Å²) in [6, 6.07) is 6.10. The molecule has 2 unspecified atom stereocenters. The summed E-state index contributed by atoms with van der Waals surface area (Å²) in [5, 5.41) is -0.582. The molecule has 0 spiro atoms. The molecule has 1 aliphatic heterocycles. The Morgan fingerprint density at radius 2 is 1.89 bits per heavy atom. The zero-order valence-corrected chi connectivity index (χ0v) is 17.3. The van der Waals surface area contributed by atoms with Crippen molar-refractivity contribution >= 4 is 15.8 Å². The first kappa shape index (κ1) is 21.7. The third kappa shape index (κ3) is 5.45. The van der Waals surface area contributed by atoms with Crippen molar-refractivity contribution in [3.8, 4) is 5.75 Å². The molecule has 0 aromatic heterocycles. The summed E-state index contributed by atoms with van der Waals surface area (Å²) in [7, 11) is -3.51. The number of ether oxygens (including phenoxy) is 2. The van der Waals surface area contributed by atoms with Crippen LogP contribution in [0.15, 0.2) is 29.2 Å². The Kier molecular flexibility index (Phi) is 8.10. The van der Waals surface area contributed by atoms with Crippen LogP contribution in [0, 0.1) is 0 Å². The van der Waals surface area contributed by atoms with E-state index in [4.69, 9.17) is 9.47 Å². The van der Waals surface area contributed by atoms with Gasteiger partial charge >= 0.3 is 5.97 Å². The molecule has 1 heterocycles. The Bertz CT molecular complexity index is 702. The lowest BCUT2D eigenvalue weighted by Gasteiger charge is -2.36. The number of hydrogen-bond donors (Lipinski definition) is 0. The van der Waals surface area contributed by atoms with Gasteiger partial charge in [0.05, 0.1) is 23.4 Å². The molecule has 0 bridgehead atoms. The molecule has 152 valence electrons. The Morgan fingerprint density at radius 3 is 2.48 bits per heavy atom. The normalized spacial score (nSPS) is 21.0. The molecule has 0 amide bonds. The molecule has 1 aromatic carbocycles. The third-order valence-electron chi connectivity index (χ3n) is 4.99. The van der Waals surface area contributed by atoms with E-state index in [0.29, 0.717) is 38.5 Å². The van der Waals surface area contributed by atoms with Gasteiger partial charge in [0, 0.05) is 6.54 Å². The number of piperidine rings is 1. The van der Waals surface area contributed by atoms with Crippen molar-refractivity contribution < 1.29 is 22.7 Å². The summed E-state index contributed by atoms with van der Waals surface area (Å²) in [4.78, 5) is 14.5. The van der Waals surface area contributed by atoms with Crippen LogP contribution < -0.4 is 4.74 Å². The van der Waals surface area contributed by atoms with E-state index in [1.54, 1.807) is 31.2 Å². The predicted octanol–water partition coefficient (Wildman–Crippen LogP) is 3.06. The van der Waals surface area contributed by atoms with Gasteiger partial charge in [0.2, 0.25) is 0 Å². The van der Waals surface area contributed by atoms with Gasteiger partial charge in [-0.15, -0.1) is 0 Å². The van der Waals surface area contributed by atoms with Crippen molar-refractivity contribution in [1.29, 1.82) is 0 Å². The van der Waals surface area contributed by atoms with Crippen LogP contribution >= 0.6 is 0 Å². The Balaban J connectivity index is 2.12. The number of benzene rings is 1. The van der Waals surface area contributed by atoms with Gasteiger partial charge in [0.15, 0.2) is 9.84 Å². The topological polar surface area (TPSA) is 72.9 Å². The average Bonchev–Trinajstić information content (AvgIpc) is 2.68. The summed E-state index contributed by atoms with van der Waals surface area (Å²) < 4.78 is 36.9. The molecular weight excluding hydrogens is 366 g/mol. The number of hydrogen-bond acceptors (Lipinski definition) is 6. The predicted molar refractivity (Wildman–Crippen MR) is 105 cm³/mol. The Labute approximate surface area is 162 Å². The number of nitrogens with zero attached hydrogens (tertiary/aromatic N) is 1. The molecule has 1 aromatic rings. The summed E-state index contributed by atoms with van der Waals surface area (Å²) in [5.74, 6) is 0.339. The standard InChI is InChI=1S/C20H31NO5S/c1-4-7-14-26-16-8-10-17(11-9-16)27(23,24)18-12-13-21(5-2)19(15-18)20(22)25-6-3/h8-11,18-19H,4-7,12-15H2,1-3H3. The second-order valence-electron chi connectivity index (χ2n) is 6.76. The number of carbonyl (C=O) groups excluding carboxylic acids is 1. The summed E-state index contributed by atoms with van der Waals surface area (Å²) >= 11 is 0. The second kappa shape index (κ2) is 10.1. The van der Waals surface area contributed by atoms with Crippen molar-refractivity contribution in [2.75, 3.05) is 26.3 Å². The monoisotopic (exact) mass is 397 g/mol. The largest absolute Gasteiger partial charge is 0.494 e. The molecule has 0 N–H and O–H groups in total. The van der Waals surface area contributed by atoms with Gasteiger partial charge in [0.1, 0.15) is 11.8 Å². The summed E-state index contributed by atoms with van der Waals surface area (Å²) in [6.45, 7) is 8.01. The maximum atomic E-state index is 13.1. The number of likely N-dealkylation sites (tertiary alicyclic amines) is 1. The van der Waals surface area contributed by atoms with E-state index in [9.17, 15) is 13.2 Å². The molecule has 1 aliphatic rings. The first-order chi connectivity index (χ1) is 12.9. The zero-order valence-electron chi connectivity index (χ0n) is 16.5. The summed E-state index contributed by atoms with van der Waals surface area (Å²) in [5.41, 5.74) is 0. The lowest BCUT2D eigenvalue weighted by atomic mass is 10.0. The molecule has 2 atom stereocenters. The van der Waals surface area contributed by atoms with Gasteiger partial charge in [-0.2, -0.15) is 0 Å². The smallest absolute Gasteiger partial charge is 0.323 e. The lowest BCUT2D eigenvalue weighted by Crippen LogP contribution is -2.50. The highest BCUT2D eigenvalue weighted by Gasteiger charge is 2.39. The SMILES string of the molecule is CCCCOc1ccc(S(=O)(=O)C2CCN(CC)C(C(=O)OCC)C2)cc1. The first-order valence-electron chi connectivity index (χ1n) is 9.81. The highest BCUT2D eigenvalue weighted by Crippen LogP contribution is 2.29. The van der Waals surface area contributed by atoms with Crippen LogP contribution in [-0.2, 0) is 19.4 Å². The highest BCUT2D eigenvalue weighted by atomic mass is 32.2. The van der Waals surface area contributed by atoms with E-state index in [1.165, 1.54) is 0 Å². The highest BCUT2D eigenvalue weighted by molar-refractivity contribution is 7.92. The molecular formula is C20H31NO5S. The Hall–Kier alpha value is -1.60. The van der Waals surface area contributed by atoms with Crippen LogP contribution in [0.4, 0.5) is 0 Å². The van der Waals surface area contributed by atoms with E-state index < -0.39 is 21.1 Å². The number of rotatable bonds is 9. The van der Waals surface area contributed by atoms with Gasteiger partial charge in [-0.1, -0.05) is 20.3 Å². The fourth-order valence-corrected chi connectivity index (χ4v) is 5.13. The van der Waals surface area contributed by atoms with Crippen molar-refractivity contribution in [1.82, 2.24) is 4.90 Å². The second-order valence-corrected chi connectivity index (χ2v) is 8.99. The first-order valence-corrected chi connectivity index (χ1v) is 11.4. The quantitative estimate of drug-likeness (QED) is 0.471. The lowest BCUT2D eigenvalue weighted by molar-refractivity contribution is -0.150. The van der Waals surface area contributed by atoms with E-state index in [0.717, 1.165) is 12.8 Å². The molecule has 7 heteroatoms. The summed E-state index contributed by atoms with van der Waals surface area (Å²) in [6.07, 6.45) is 2.79. The molecule has 2 rings (SSSR count). The van der Waals surface area contributed by atoms with Crippen molar-refractivity contribution in [2.45, 2.75) is 62.6 Å². The molecule has 0 aliphatic carbocycles. The van der Waals surface area contributed by atoms with Gasteiger partial charge in [-0.3, -0.25) is 9.69 Å². The van der Waals surface area contributed by atoms with Crippen molar-refractivity contribution in [2.24, 2.45) is 0 Å². The van der Waals surface area contributed by atoms with Crippen LogP contribution in [0.2, 0.25) is 0 Å². The van der Waals surface area contributed by atoms with E-state index in [-0.39, 0.29) is 17.3 Å². The van der Waals surface area contributed by atoms with Gasteiger partial charge in [0.25, 0.3) is 0 Å². The van der Waals surface area contributed by atoms with E-state index in [2.05, 4.69) is 6.92 Å². The van der Waals surface area contributed by atoms with Crippen molar-refractivity contribution in [3.05, 3.63) is 24.3 Å². The van der Waals surface area contributed by atoms with Crippen molar-refractivity contribution in [3.63, 3.8) is 0 Å². The minimum Gasteiger partial charge on any atom is -0.494 e. The number of carbonyl (C=O) groups is 1. The number of likely N-dealkylation sites (N-methyl/N-ethyl adjacent to an activating group) is 1. The Morgan fingerprint density at radius 1 is 1.19 bits per heavy atom. The van der Waals surface area contributed by atoms with E-state index in [1.807, 2.05) is 11.8 Å². The maximum Gasteiger partial charge on any atom is 0.323 e. The molecule has 1 fully saturated rings. The number of sulfone groups is 1. The number of unbranched alkanes of at least 4 members (excludes halogenated alkanes) is 1. The number of esters is 1. The van der Waals surface area contributed by atoms with Crippen LogP contribution in [0.5, 0.6) is 5.75 Å². The van der Waals surface area contributed by atoms with Gasteiger partial charge in [-0.25, -0.2) is 8.42 Å². The van der Waals surface area contributed by atoms with Gasteiger partial charge < -0.3 is 9.47 Å². The minimum atomic E-state index is -3.51.